The minimum Gasteiger partial charge on any atom is -0.313 e. The number of rotatable bonds is 3. The maximum atomic E-state index is 8.68. The standard InChI is InChI=1S/C14H19N3/c1-17(10-4-8-15)14-7-9-16-11-12-5-2-3-6-13(12)14/h2-3,5-6,14,16H,4,7,9-11H2,1H3. The fourth-order valence-corrected chi connectivity index (χ4v) is 2.48. The van der Waals surface area contributed by atoms with Gasteiger partial charge < -0.3 is 5.32 Å². The Morgan fingerprint density at radius 1 is 1.47 bits per heavy atom. The van der Waals surface area contributed by atoms with E-state index < -0.39 is 0 Å². The first kappa shape index (κ1) is 12.1. The van der Waals surface area contributed by atoms with Gasteiger partial charge in [-0.1, -0.05) is 24.3 Å². The molecule has 1 aromatic carbocycles. The van der Waals surface area contributed by atoms with E-state index in [0.29, 0.717) is 12.5 Å². The van der Waals surface area contributed by atoms with Crippen LogP contribution in [0.15, 0.2) is 24.3 Å². The average molecular weight is 229 g/mol. The molecule has 1 aliphatic heterocycles. The van der Waals surface area contributed by atoms with E-state index in [-0.39, 0.29) is 0 Å². The molecule has 0 aliphatic carbocycles. The van der Waals surface area contributed by atoms with E-state index in [0.717, 1.165) is 26.1 Å². The molecule has 1 N–H and O–H groups in total. The summed E-state index contributed by atoms with van der Waals surface area (Å²) in [4.78, 5) is 2.30. The predicted molar refractivity (Wildman–Crippen MR) is 68.4 cm³/mol. The molecule has 0 aromatic heterocycles. The molecule has 3 nitrogen and oxygen atoms in total. The SMILES string of the molecule is CN(CCC#N)C1CCNCc2ccccc21. The van der Waals surface area contributed by atoms with Gasteiger partial charge in [0.15, 0.2) is 0 Å². The number of nitriles is 1. The minimum atomic E-state index is 0.439. The van der Waals surface area contributed by atoms with Gasteiger partial charge in [-0.05, 0) is 31.1 Å². The second kappa shape index (κ2) is 5.81. The maximum absolute atomic E-state index is 8.68. The predicted octanol–water partition coefficient (Wildman–Crippen LogP) is 2.07. The second-order valence-corrected chi connectivity index (χ2v) is 4.57. The Bertz CT molecular complexity index is 408. The first-order chi connectivity index (χ1) is 8.33. The summed E-state index contributed by atoms with van der Waals surface area (Å²) in [5, 5.41) is 12.1. The third kappa shape index (κ3) is 2.85. The molecule has 0 bridgehead atoms. The zero-order valence-corrected chi connectivity index (χ0v) is 10.3. The molecular formula is C14H19N3. The third-order valence-electron chi connectivity index (χ3n) is 3.43. The van der Waals surface area contributed by atoms with Gasteiger partial charge in [0.25, 0.3) is 0 Å². The monoisotopic (exact) mass is 229 g/mol. The molecule has 0 radical (unpaired) electrons. The third-order valence-corrected chi connectivity index (χ3v) is 3.43. The van der Waals surface area contributed by atoms with Crippen LogP contribution in [-0.2, 0) is 6.54 Å². The van der Waals surface area contributed by atoms with Crippen LogP contribution in [0.5, 0.6) is 0 Å². The largest absolute Gasteiger partial charge is 0.313 e. The number of nitrogens with one attached hydrogen (secondary N) is 1. The Labute approximate surface area is 103 Å². The van der Waals surface area contributed by atoms with Gasteiger partial charge in [0.05, 0.1) is 6.07 Å². The molecule has 2 rings (SSSR count). The first-order valence-electron chi connectivity index (χ1n) is 6.18. The molecule has 0 saturated heterocycles. The maximum Gasteiger partial charge on any atom is 0.0635 e. The van der Waals surface area contributed by atoms with Gasteiger partial charge in [-0.3, -0.25) is 4.90 Å². The van der Waals surface area contributed by atoms with Crippen molar-refractivity contribution >= 4 is 0 Å². The molecule has 90 valence electrons. The lowest BCUT2D eigenvalue weighted by atomic mass is 9.98. The number of hydrogen-bond donors (Lipinski definition) is 1. The van der Waals surface area contributed by atoms with Crippen LogP contribution in [0.25, 0.3) is 0 Å². The number of fused-ring (bicyclic) bond motifs is 1. The van der Waals surface area contributed by atoms with Gasteiger partial charge in [0, 0.05) is 25.6 Å². The number of hydrogen-bond acceptors (Lipinski definition) is 3. The van der Waals surface area contributed by atoms with Crippen molar-refractivity contribution in [1.29, 1.82) is 5.26 Å². The summed E-state index contributed by atoms with van der Waals surface area (Å²) < 4.78 is 0. The van der Waals surface area contributed by atoms with Gasteiger partial charge in [0.2, 0.25) is 0 Å². The van der Waals surface area contributed by atoms with Crippen LogP contribution >= 0.6 is 0 Å². The lowest BCUT2D eigenvalue weighted by Crippen LogP contribution is -2.26. The van der Waals surface area contributed by atoms with Crippen molar-refractivity contribution in [3.8, 4) is 6.07 Å². The normalized spacial score (nSPS) is 19.5. The zero-order chi connectivity index (χ0) is 12.1. The van der Waals surface area contributed by atoms with Crippen molar-refractivity contribution in [1.82, 2.24) is 10.2 Å². The summed E-state index contributed by atoms with van der Waals surface area (Å²) in [7, 11) is 2.12. The lowest BCUT2D eigenvalue weighted by molar-refractivity contribution is 0.240. The van der Waals surface area contributed by atoms with Crippen LogP contribution < -0.4 is 5.32 Å². The van der Waals surface area contributed by atoms with E-state index in [1.807, 2.05) is 0 Å². The van der Waals surface area contributed by atoms with Crippen molar-refractivity contribution in [3.63, 3.8) is 0 Å². The summed E-state index contributed by atoms with van der Waals surface area (Å²) >= 11 is 0. The molecule has 1 aliphatic rings. The van der Waals surface area contributed by atoms with Gasteiger partial charge in [-0.2, -0.15) is 5.26 Å². The van der Waals surface area contributed by atoms with Crippen LogP contribution in [0.3, 0.4) is 0 Å². The summed E-state index contributed by atoms with van der Waals surface area (Å²) in [5.41, 5.74) is 2.80. The first-order valence-corrected chi connectivity index (χ1v) is 6.18. The molecular weight excluding hydrogens is 210 g/mol. The van der Waals surface area contributed by atoms with Gasteiger partial charge in [0.1, 0.15) is 0 Å². The van der Waals surface area contributed by atoms with Gasteiger partial charge in [-0.15, -0.1) is 0 Å². The van der Waals surface area contributed by atoms with Crippen LogP contribution in [0.4, 0.5) is 0 Å². The molecule has 17 heavy (non-hydrogen) atoms. The molecule has 1 unspecified atom stereocenters. The van der Waals surface area contributed by atoms with Crippen molar-refractivity contribution in [3.05, 3.63) is 35.4 Å². The van der Waals surface area contributed by atoms with E-state index in [4.69, 9.17) is 5.26 Å². The number of benzene rings is 1. The lowest BCUT2D eigenvalue weighted by Gasteiger charge is -2.27. The molecule has 3 heteroatoms. The molecule has 1 atom stereocenters. The van der Waals surface area contributed by atoms with Crippen LogP contribution in [0, 0.1) is 11.3 Å². The number of nitrogens with zero attached hydrogens (tertiary/aromatic N) is 2. The molecule has 1 aromatic rings. The molecule has 1 heterocycles. The highest BCUT2D eigenvalue weighted by Gasteiger charge is 2.21. The smallest absolute Gasteiger partial charge is 0.0635 e. The van der Waals surface area contributed by atoms with Crippen LogP contribution in [0.1, 0.15) is 30.0 Å². The van der Waals surface area contributed by atoms with Crippen molar-refractivity contribution in [2.45, 2.75) is 25.4 Å². The van der Waals surface area contributed by atoms with Crippen LogP contribution in [0.2, 0.25) is 0 Å². The van der Waals surface area contributed by atoms with Gasteiger partial charge >= 0.3 is 0 Å². The summed E-state index contributed by atoms with van der Waals surface area (Å²) in [6, 6.07) is 11.3. The Morgan fingerprint density at radius 2 is 2.29 bits per heavy atom. The Kier molecular flexibility index (Phi) is 4.13. The van der Waals surface area contributed by atoms with Crippen molar-refractivity contribution in [2.24, 2.45) is 0 Å². The van der Waals surface area contributed by atoms with Gasteiger partial charge in [-0.25, -0.2) is 0 Å². The summed E-state index contributed by atoms with van der Waals surface area (Å²) in [5.74, 6) is 0. The summed E-state index contributed by atoms with van der Waals surface area (Å²) in [6.07, 6.45) is 1.71. The van der Waals surface area contributed by atoms with E-state index in [9.17, 15) is 0 Å². The Balaban J connectivity index is 2.19. The highest BCUT2D eigenvalue weighted by molar-refractivity contribution is 5.31. The Hall–Kier alpha value is -1.37. The van der Waals surface area contributed by atoms with E-state index >= 15 is 0 Å². The van der Waals surface area contributed by atoms with E-state index in [1.54, 1.807) is 0 Å². The zero-order valence-electron chi connectivity index (χ0n) is 10.3. The highest BCUT2D eigenvalue weighted by Crippen LogP contribution is 2.28. The second-order valence-electron chi connectivity index (χ2n) is 4.57. The quantitative estimate of drug-likeness (QED) is 0.862. The topological polar surface area (TPSA) is 39.1 Å². The fourth-order valence-electron chi connectivity index (χ4n) is 2.48. The van der Waals surface area contributed by atoms with Crippen molar-refractivity contribution < 1.29 is 0 Å². The molecule has 0 amide bonds. The molecule has 0 fully saturated rings. The fraction of sp³-hybridized carbons (Fsp3) is 0.500. The highest BCUT2D eigenvalue weighted by atomic mass is 15.1. The van der Waals surface area contributed by atoms with Crippen molar-refractivity contribution in [2.75, 3.05) is 20.1 Å². The minimum absolute atomic E-state index is 0.439. The van der Waals surface area contributed by atoms with Crippen LogP contribution in [-0.4, -0.2) is 25.0 Å². The van der Waals surface area contributed by atoms with E-state index in [1.165, 1.54) is 11.1 Å². The summed E-state index contributed by atoms with van der Waals surface area (Å²) in [6.45, 7) is 2.84. The molecule has 0 spiro atoms. The average Bonchev–Trinajstić information content (AvgIpc) is 2.58. The molecule has 0 saturated carbocycles. The van der Waals surface area contributed by atoms with E-state index in [2.05, 4.69) is 47.6 Å². The Morgan fingerprint density at radius 3 is 3.12 bits per heavy atom.